The van der Waals surface area contributed by atoms with Crippen molar-refractivity contribution in [2.24, 2.45) is 0 Å². The summed E-state index contributed by atoms with van der Waals surface area (Å²) in [6.07, 6.45) is 1.09. The monoisotopic (exact) mass is 547 g/mol. The van der Waals surface area contributed by atoms with Gasteiger partial charge < -0.3 is 24.4 Å². The van der Waals surface area contributed by atoms with E-state index in [9.17, 15) is 18.0 Å². The fourth-order valence-electron chi connectivity index (χ4n) is 4.05. The Hall–Kier alpha value is -3.47. The number of benzene rings is 2. The molecule has 11 heteroatoms. The van der Waals surface area contributed by atoms with Crippen molar-refractivity contribution in [3.63, 3.8) is 0 Å². The number of rotatable bonds is 13. The van der Waals surface area contributed by atoms with Crippen LogP contribution in [0.3, 0.4) is 0 Å². The van der Waals surface area contributed by atoms with Gasteiger partial charge in [-0.25, -0.2) is 8.42 Å². The van der Waals surface area contributed by atoms with Gasteiger partial charge in [-0.3, -0.25) is 13.9 Å². The van der Waals surface area contributed by atoms with Gasteiger partial charge in [-0.05, 0) is 56.5 Å². The third-order valence-corrected chi connectivity index (χ3v) is 8.26. The molecule has 1 aliphatic heterocycles. The summed E-state index contributed by atoms with van der Waals surface area (Å²) in [4.78, 5) is 28.5. The van der Waals surface area contributed by atoms with E-state index in [1.807, 2.05) is 32.9 Å². The van der Waals surface area contributed by atoms with Crippen LogP contribution in [0, 0.1) is 0 Å². The van der Waals surface area contributed by atoms with Crippen LogP contribution >= 0.6 is 0 Å². The molecule has 2 aromatic carbocycles. The first-order valence-corrected chi connectivity index (χ1v) is 14.4. The maximum Gasteiger partial charge on any atom is 0.244 e. The molecule has 3 rings (SSSR count). The fourth-order valence-corrected chi connectivity index (χ4v) is 5.10. The van der Waals surface area contributed by atoms with Crippen LogP contribution in [0.2, 0.25) is 0 Å². The Morgan fingerprint density at radius 1 is 1.03 bits per heavy atom. The minimum atomic E-state index is -3.84. The number of fused-ring (bicyclic) bond motifs is 1. The predicted octanol–water partition coefficient (Wildman–Crippen LogP) is 3.30. The van der Waals surface area contributed by atoms with Gasteiger partial charge in [0.15, 0.2) is 11.5 Å². The Morgan fingerprint density at radius 3 is 2.32 bits per heavy atom. The summed E-state index contributed by atoms with van der Waals surface area (Å²) in [5, 5.41) is 2.96. The van der Waals surface area contributed by atoms with Crippen molar-refractivity contribution < 1.29 is 32.2 Å². The van der Waals surface area contributed by atoms with Crippen molar-refractivity contribution in [3.8, 4) is 17.2 Å². The predicted molar refractivity (Wildman–Crippen MR) is 145 cm³/mol. The van der Waals surface area contributed by atoms with E-state index in [0.717, 1.165) is 16.3 Å². The average molecular weight is 548 g/mol. The van der Waals surface area contributed by atoms with Crippen LogP contribution in [0.15, 0.2) is 42.5 Å². The second-order valence-electron chi connectivity index (χ2n) is 9.06. The number of sulfonamides is 1. The lowest BCUT2D eigenvalue weighted by Gasteiger charge is -2.33. The van der Waals surface area contributed by atoms with E-state index in [4.69, 9.17) is 14.2 Å². The molecule has 0 saturated heterocycles. The Labute approximate surface area is 224 Å². The molecule has 1 aliphatic rings. The van der Waals surface area contributed by atoms with Gasteiger partial charge in [0.05, 0.1) is 18.6 Å². The van der Waals surface area contributed by atoms with Gasteiger partial charge in [-0.1, -0.05) is 26.0 Å². The number of nitrogens with zero attached hydrogens (tertiary/aromatic N) is 2. The first kappa shape index (κ1) is 29.1. The quantitative estimate of drug-likeness (QED) is 0.409. The Bertz CT molecular complexity index is 1220. The van der Waals surface area contributed by atoms with Crippen LogP contribution in [-0.2, 0) is 26.2 Å². The van der Waals surface area contributed by atoms with Crippen molar-refractivity contribution >= 4 is 27.5 Å². The molecular formula is C27H37N3O7S. The molecule has 1 N–H and O–H groups in total. The van der Waals surface area contributed by atoms with E-state index in [2.05, 4.69) is 5.32 Å². The zero-order chi connectivity index (χ0) is 27.9. The standard InChI is InChI=1S/C27H37N3O7S/c1-6-19(4)28-27(32)23(7-2)29(16-20-9-12-22(35-5)13-10-20)26(31)17-30(38(33,34)8-3)21-11-14-24-25(15-21)37-18-36-24/h9-15,19,23H,6-8,16-18H2,1-5H3,(H,28,32)/t19-,23+/m1/s1. The molecule has 0 spiro atoms. The lowest BCUT2D eigenvalue weighted by molar-refractivity contribution is -0.140. The third-order valence-electron chi connectivity index (χ3n) is 6.52. The van der Waals surface area contributed by atoms with Crippen LogP contribution in [0.4, 0.5) is 5.69 Å². The van der Waals surface area contributed by atoms with Crippen LogP contribution in [-0.4, -0.2) is 63.4 Å². The topological polar surface area (TPSA) is 114 Å². The molecule has 0 unspecified atom stereocenters. The van der Waals surface area contributed by atoms with Crippen LogP contribution in [0.1, 0.15) is 46.1 Å². The fraction of sp³-hybridized carbons (Fsp3) is 0.481. The van der Waals surface area contributed by atoms with Crippen molar-refractivity contribution in [2.75, 3.05) is 30.5 Å². The lowest BCUT2D eigenvalue weighted by atomic mass is 10.1. The molecule has 38 heavy (non-hydrogen) atoms. The van der Waals surface area contributed by atoms with E-state index in [-0.39, 0.29) is 36.7 Å². The maximum atomic E-state index is 13.9. The number of methoxy groups -OCH3 is 1. The maximum absolute atomic E-state index is 13.9. The number of hydrogen-bond acceptors (Lipinski definition) is 7. The SMILES string of the molecule is CC[C@@H](C)NC(=O)[C@H](CC)N(Cc1ccc(OC)cc1)C(=O)CN(c1ccc2c(c1)OCO2)S(=O)(=O)CC. The number of amides is 2. The number of hydrogen-bond donors (Lipinski definition) is 1. The molecular weight excluding hydrogens is 510 g/mol. The number of anilines is 1. The normalized spacial score (nSPS) is 13.9. The lowest BCUT2D eigenvalue weighted by Crippen LogP contribution is -2.53. The summed E-state index contributed by atoms with van der Waals surface area (Å²) in [6.45, 7) is 6.89. The average Bonchev–Trinajstić information content (AvgIpc) is 3.39. The Balaban J connectivity index is 1.97. The van der Waals surface area contributed by atoms with E-state index in [0.29, 0.717) is 23.7 Å². The van der Waals surface area contributed by atoms with E-state index >= 15 is 0 Å². The zero-order valence-electron chi connectivity index (χ0n) is 22.6. The van der Waals surface area contributed by atoms with Crippen molar-refractivity contribution in [2.45, 2.75) is 59.2 Å². The highest BCUT2D eigenvalue weighted by atomic mass is 32.2. The molecule has 0 saturated carbocycles. The summed E-state index contributed by atoms with van der Waals surface area (Å²) in [5.41, 5.74) is 1.06. The second-order valence-corrected chi connectivity index (χ2v) is 11.2. The molecule has 0 bridgehead atoms. The van der Waals surface area contributed by atoms with Gasteiger partial charge in [-0.15, -0.1) is 0 Å². The number of nitrogens with one attached hydrogen (secondary N) is 1. The van der Waals surface area contributed by atoms with E-state index < -0.39 is 28.5 Å². The molecule has 0 fully saturated rings. The molecule has 10 nitrogen and oxygen atoms in total. The summed E-state index contributed by atoms with van der Waals surface area (Å²) < 4.78 is 43.3. The van der Waals surface area contributed by atoms with Gasteiger partial charge in [0.1, 0.15) is 18.3 Å². The van der Waals surface area contributed by atoms with E-state index in [1.165, 1.54) is 11.8 Å². The summed E-state index contributed by atoms with van der Waals surface area (Å²) in [5.74, 6) is 0.580. The summed E-state index contributed by atoms with van der Waals surface area (Å²) in [7, 11) is -2.28. The highest BCUT2D eigenvalue weighted by Gasteiger charge is 2.33. The molecule has 2 amide bonds. The van der Waals surface area contributed by atoms with Crippen molar-refractivity contribution in [1.82, 2.24) is 10.2 Å². The largest absolute Gasteiger partial charge is 0.497 e. The molecule has 0 aromatic heterocycles. The van der Waals surface area contributed by atoms with E-state index in [1.54, 1.807) is 37.4 Å². The first-order chi connectivity index (χ1) is 18.1. The Kier molecular flexibility index (Phi) is 9.84. The highest BCUT2D eigenvalue weighted by Crippen LogP contribution is 2.36. The number of carbonyl (C=O) groups excluding carboxylic acids is 2. The van der Waals surface area contributed by atoms with Gasteiger partial charge in [0.2, 0.25) is 28.6 Å². The van der Waals surface area contributed by atoms with Gasteiger partial charge in [-0.2, -0.15) is 0 Å². The number of ether oxygens (including phenoxy) is 3. The van der Waals surface area contributed by atoms with Crippen LogP contribution in [0.5, 0.6) is 17.2 Å². The minimum absolute atomic E-state index is 0.0390. The molecule has 208 valence electrons. The highest BCUT2D eigenvalue weighted by molar-refractivity contribution is 7.92. The minimum Gasteiger partial charge on any atom is -0.497 e. The van der Waals surface area contributed by atoms with Gasteiger partial charge in [0, 0.05) is 18.7 Å². The first-order valence-electron chi connectivity index (χ1n) is 12.8. The van der Waals surface area contributed by atoms with Crippen LogP contribution < -0.4 is 23.8 Å². The molecule has 0 aliphatic carbocycles. The van der Waals surface area contributed by atoms with Crippen molar-refractivity contribution in [3.05, 3.63) is 48.0 Å². The second kappa shape index (κ2) is 12.9. The summed E-state index contributed by atoms with van der Waals surface area (Å²) in [6, 6.07) is 11.1. The molecule has 1 heterocycles. The number of carbonyl (C=O) groups is 2. The molecule has 2 atom stereocenters. The molecule has 0 radical (unpaired) electrons. The smallest absolute Gasteiger partial charge is 0.244 e. The molecule has 2 aromatic rings. The zero-order valence-corrected chi connectivity index (χ0v) is 23.4. The van der Waals surface area contributed by atoms with Crippen LogP contribution in [0.25, 0.3) is 0 Å². The Morgan fingerprint density at radius 2 is 1.71 bits per heavy atom. The van der Waals surface area contributed by atoms with Crippen molar-refractivity contribution in [1.29, 1.82) is 0 Å². The summed E-state index contributed by atoms with van der Waals surface area (Å²) >= 11 is 0. The van der Waals surface area contributed by atoms with Gasteiger partial charge >= 0.3 is 0 Å². The third kappa shape index (κ3) is 6.89. The van der Waals surface area contributed by atoms with Gasteiger partial charge in [0.25, 0.3) is 0 Å².